The van der Waals surface area contributed by atoms with Gasteiger partial charge in [-0.1, -0.05) is 6.07 Å². The molecule has 3 N–H and O–H groups in total. The van der Waals surface area contributed by atoms with Gasteiger partial charge in [0, 0.05) is 24.8 Å². The van der Waals surface area contributed by atoms with E-state index in [-0.39, 0.29) is 11.3 Å². The minimum Gasteiger partial charge on any atom is -0.486 e. The lowest BCUT2D eigenvalue weighted by molar-refractivity contribution is 0.0308. The van der Waals surface area contributed by atoms with E-state index < -0.39 is 23.8 Å². The Morgan fingerprint density at radius 1 is 1.43 bits per heavy atom. The van der Waals surface area contributed by atoms with Crippen molar-refractivity contribution in [3.63, 3.8) is 0 Å². The van der Waals surface area contributed by atoms with Crippen molar-refractivity contribution in [2.24, 2.45) is 5.73 Å². The van der Waals surface area contributed by atoms with Crippen LogP contribution < -0.4 is 10.5 Å². The summed E-state index contributed by atoms with van der Waals surface area (Å²) < 4.78 is 21.7. The molecule has 3 rings (SSSR count). The molecule has 1 aromatic carbocycles. The number of amides is 1. The second-order valence-electron chi connectivity index (χ2n) is 8.04. The molecule has 0 unspecified atom stereocenters. The molecule has 0 saturated carbocycles. The number of ether oxygens (including phenoxy) is 1. The molecule has 1 aromatic heterocycles. The van der Waals surface area contributed by atoms with Crippen LogP contribution in [0.5, 0.6) is 5.75 Å². The molecule has 1 amide bonds. The number of piperidine rings is 1. The smallest absolute Gasteiger partial charge is 0.252 e. The first-order valence-corrected chi connectivity index (χ1v) is 9.31. The van der Waals surface area contributed by atoms with Gasteiger partial charge >= 0.3 is 0 Å². The summed E-state index contributed by atoms with van der Waals surface area (Å²) in [6.45, 7) is 4.77. The summed E-state index contributed by atoms with van der Waals surface area (Å²) in [7, 11) is 1.87. The van der Waals surface area contributed by atoms with E-state index in [1.165, 1.54) is 0 Å². The number of carbonyl (C=O) groups is 1. The van der Waals surface area contributed by atoms with Crippen LogP contribution in [0.15, 0.2) is 30.6 Å². The van der Waals surface area contributed by atoms with Gasteiger partial charge in [-0.25, -0.2) is 4.39 Å². The number of nitrogens with zero attached hydrogens (tertiary/aromatic N) is 3. The summed E-state index contributed by atoms with van der Waals surface area (Å²) in [5.74, 6) is -0.346. The Hall–Kier alpha value is -2.45. The number of aromatic nitrogens is 2. The SMILES string of the molecule is CN1CC[C@@H](Oc2ccc(-c3cnn(CC(C)(C)O)c3)cc2C(N)=O)[C@H](F)C1. The van der Waals surface area contributed by atoms with Crippen LogP contribution in [0.3, 0.4) is 0 Å². The lowest BCUT2D eigenvalue weighted by Crippen LogP contribution is -2.45. The van der Waals surface area contributed by atoms with E-state index in [9.17, 15) is 14.3 Å². The number of primary amides is 1. The number of benzene rings is 1. The quantitative estimate of drug-likeness (QED) is 0.785. The molecule has 2 heterocycles. The summed E-state index contributed by atoms with van der Waals surface area (Å²) in [5, 5.41) is 14.2. The maximum absolute atomic E-state index is 14.3. The van der Waals surface area contributed by atoms with Crippen LogP contribution in [0.25, 0.3) is 11.1 Å². The average molecular weight is 390 g/mol. The molecule has 0 bridgehead atoms. The van der Waals surface area contributed by atoms with E-state index in [0.717, 1.165) is 17.7 Å². The van der Waals surface area contributed by atoms with Crippen LogP contribution in [-0.4, -0.2) is 63.7 Å². The molecular weight excluding hydrogens is 363 g/mol. The van der Waals surface area contributed by atoms with Crippen molar-refractivity contribution in [2.75, 3.05) is 20.1 Å². The molecule has 1 aliphatic rings. The van der Waals surface area contributed by atoms with Gasteiger partial charge in [-0.2, -0.15) is 5.10 Å². The fourth-order valence-electron chi connectivity index (χ4n) is 3.33. The highest BCUT2D eigenvalue weighted by Crippen LogP contribution is 2.29. The Bertz CT molecular complexity index is 846. The van der Waals surface area contributed by atoms with E-state index in [1.54, 1.807) is 49.1 Å². The van der Waals surface area contributed by atoms with Gasteiger partial charge in [0.05, 0.1) is 23.9 Å². The van der Waals surface area contributed by atoms with Crippen LogP contribution in [0, 0.1) is 0 Å². The Kier molecular flexibility index (Phi) is 5.71. The van der Waals surface area contributed by atoms with Crippen molar-refractivity contribution in [3.8, 4) is 16.9 Å². The second-order valence-corrected chi connectivity index (χ2v) is 8.04. The second kappa shape index (κ2) is 7.89. The maximum atomic E-state index is 14.3. The molecule has 1 fully saturated rings. The number of alkyl halides is 1. The van der Waals surface area contributed by atoms with E-state index in [4.69, 9.17) is 10.5 Å². The van der Waals surface area contributed by atoms with E-state index in [0.29, 0.717) is 19.5 Å². The van der Waals surface area contributed by atoms with E-state index in [2.05, 4.69) is 5.10 Å². The summed E-state index contributed by atoms with van der Waals surface area (Å²) in [6.07, 6.45) is 2.25. The minimum atomic E-state index is -1.13. The number of likely N-dealkylation sites (tertiary alicyclic amines) is 1. The number of halogens is 1. The van der Waals surface area contributed by atoms with Crippen molar-refractivity contribution in [3.05, 3.63) is 36.2 Å². The van der Waals surface area contributed by atoms with Gasteiger partial charge < -0.3 is 20.5 Å². The fraction of sp³-hybridized carbons (Fsp3) is 0.500. The molecule has 1 aliphatic heterocycles. The monoisotopic (exact) mass is 390 g/mol. The van der Waals surface area contributed by atoms with Crippen LogP contribution >= 0.6 is 0 Å². The van der Waals surface area contributed by atoms with Gasteiger partial charge in [0.2, 0.25) is 0 Å². The minimum absolute atomic E-state index is 0.207. The molecule has 8 heteroatoms. The number of rotatable bonds is 6. The summed E-state index contributed by atoms with van der Waals surface area (Å²) >= 11 is 0. The zero-order chi connectivity index (χ0) is 20.5. The number of aliphatic hydroxyl groups is 1. The first kappa shape index (κ1) is 20.3. The zero-order valence-corrected chi connectivity index (χ0v) is 16.4. The van der Waals surface area contributed by atoms with Crippen LogP contribution in [0.2, 0.25) is 0 Å². The molecule has 0 spiro atoms. The van der Waals surface area contributed by atoms with Gasteiger partial charge in [0.15, 0.2) is 0 Å². The molecule has 2 atom stereocenters. The lowest BCUT2D eigenvalue weighted by Gasteiger charge is -2.32. The Morgan fingerprint density at radius 2 is 2.18 bits per heavy atom. The number of nitrogens with two attached hydrogens (primary N) is 1. The van der Waals surface area contributed by atoms with Crippen LogP contribution in [-0.2, 0) is 6.54 Å². The van der Waals surface area contributed by atoms with Gasteiger partial charge in [-0.15, -0.1) is 0 Å². The standard InChI is InChI=1S/C20H27FN4O3/c1-20(2,27)12-25-10-14(9-23-25)13-4-5-17(15(8-13)19(22)26)28-18-6-7-24(3)11-16(18)21/h4-5,8-10,16,18,27H,6-7,11-12H2,1-3H3,(H2,22,26)/t16-,18-/m1/s1. The molecule has 0 aliphatic carbocycles. The van der Waals surface area contributed by atoms with Crippen LogP contribution in [0.1, 0.15) is 30.6 Å². The first-order chi connectivity index (χ1) is 13.1. The van der Waals surface area contributed by atoms with Crippen molar-refractivity contribution in [1.29, 1.82) is 0 Å². The Morgan fingerprint density at radius 3 is 2.82 bits per heavy atom. The van der Waals surface area contributed by atoms with E-state index in [1.807, 2.05) is 11.9 Å². The molecule has 1 saturated heterocycles. The fourth-order valence-corrected chi connectivity index (χ4v) is 3.33. The predicted octanol–water partition coefficient (Wildman–Crippen LogP) is 1.84. The van der Waals surface area contributed by atoms with Crippen molar-refractivity contribution in [2.45, 2.75) is 44.7 Å². The summed E-state index contributed by atoms with van der Waals surface area (Å²) in [4.78, 5) is 13.9. The highest BCUT2D eigenvalue weighted by atomic mass is 19.1. The molecule has 0 radical (unpaired) electrons. The molecule has 28 heavy (non-hydrogen) atoms. The summed E-state index contributed by atoms with van der Waals surface area (Å²) in [6, 6.07) is 5.06. The van der Waals surface area contributed by atoms with E-state index >= 15 is 0 Å². The van der Waals surface area contributed by atoms with Gasteiger partial charge in [-0.05, 0) is 45.0 Å². The zero-order valence-electron chi connectivity index (χ0n) is 16.4. The molecular formula is C20H27FN4O3. The third kappa shape index (κ3) is 4.88. The van der Waals surface area contributed by atoms with Gasteiger partial charge in [0.25, 0.3) is 5.91 Å². The highest BCUT2D eigenvalue weighted by Gasteiger charge is 2.30. The molecule has 7 nitrogen and oxygen atoms in total. The molecule has 152 valence electrons. The highest BCUT2D eigenvalue weighted by molar-refractivity contribution is 5.97. The predicted molar refractivity (Wildman–Crippen MR) is 104 cm³/mol. The Labute approximate surface area is 163 Å². The third-order valence-corrected chi connectivity index (χ3v) is 4.72. The topological polar surface area (TPSA) is 93.6 Å². The maximum Gasteiger partial charge on any atom is 0.252 e. The first-order valence-electron chi connectivity index (χ1n) is 9.31. The third-order valence-electron chi connectivity index (χ3n) is 4.72. The number of hydrogen-bond donors (Lipinski definition) is 2. The van der Waals surface area contributed by atoms with Gasteiger partial charge in [-0.3, -0.25) is 9.48 Å². The van der Waals surface area contributed by atoms with Crippen molar-refractivity contribution < 1.29 is 19.0 Å². The lowest BCUT2D eigenvalue weighted by atomic mass is 10.0. The van der Waals surface area contributed by atoms with Crippen LogP contribution in [0.4, 0.5) is 4.39 Å². The van der Waals surface area contributed by atoms with Gasteiger partial charge in [0.1, 0.15) is 18.0 Å². The largest absolute Gasteiger partial charge is 0.486 e. The normalized spacial score (nSPS) is 20.9. The number of carbonyl (C=O) groups excluding carboxylic acids is 1. The van der Waals surface area contributed by atoms with Crippen molar-refractivity contribution in [1.82, 2.24) is 14.7 Å². The number of hydrogen-bond acceptors (Lipinski definition) is 5. The summed E-state index contributed by atoms with van der Waals surface area (Å²) in [5.41, 5.74) is 6.37. The van der Waals surface area contributed by atoms with Crippen molar-refractivity contribution >= 4 is 5.91 Å². The Balaban J connectivity index is 1.82. The molecule has 2 aromatic rings. The average Bonchev–Trinajstić information content (AvgIpc) is 3.04.